The molecule has 0 unspecified atom stereocenters. The highest BCUT2D eigenvalue weighted by atomic mass is 33.1. The number of hydrogen-bond acceptors (Lipinski definition) is 2. The van der Waals surface area contributed by atoms with Crippen molar-refractivity contribution in [2.75, 3.05) is 0 Å². The zero-order chi connectivity index (χ0) is 14.5. The van der Waals surface area contributed by atoms with Gasteiger partial charge >= 0.3 is 0 Å². The van der Waals surface area contributed by atoms with E-state index in [0.717, 1.165) is 12.8 Å². The molecule has 0 saturated carbocycles. The number of hydrogen-bond donors (Lipinski definition) is 0. The van der Waals surface area contributed by atoms with Gasteiger partial charge in [-0.2, -0.15) is 0 Å². The zero-order valence-electron chi connectivity index (χ0n) is 12.7. The second kappa shape index (κ2) is 7.24. The van der Waals surface area contributed by atoms with E-state index in [4.69, 9.17) is 0 Å². The van der Waals surface area contributed by atoms with Crippen LogP contribution in [0.2, 0.25) is 0 Å². The second-order valence-corrected chi connectivity index (χ2v) is 7.31. The molecular formula is C18H22S2. The molecule has 0 spiro atoms. The third-order valence-electron chi connectivity index (χ3n) is 3.42. The largest absolute Gasteiger partial charge is 0.0613 e. The second-order valence-electron chi connectivity index (χ2n) is 5.10. The molecule has 2 aromatic carbocycles. The van der Waals surface area contributed by atoms with Gasteiger partial charge in [-0.25, -0.2) is 0 Å². The van der Waals surface area contributed by atoms with E-state index in [1.165, 1.54) is 32.0 Å². The van der Waals surface area contributed by atoms with Gasteiger partial charge in [0.2, 0.25) is 0 Å². The Hall–Kier alpha value is -0.860. The highest BCUT2D eigenvalue weighted by molar-refractivity contribution is 8.76. The van der Waals surface area contributed by atoms with Crippen molar-refractivity contribution in [2.45, 2.75) is 50.3 Å². The van der Waals surface area contributed by atoms with Gasteiger partial charge in [-0.05, 0) is 49.9 Å². The average molecular weight is 303 g/mol. The minimum Gasteiger partial charge on any atom is -0.0613 e. The Bertz CT molecular complexity index is 534. The van der Waals surface area contributed by atoms with Crippen LogP contribution in [0.4, 0.5) is 0 Å². The van der Waals surface area contributed by atoms with E-state index in [1.54, 1.807) is 0 Å². The molecule has 0 heterocycles. The van der Waals surface area contributed by atoms with Crippen LogP contribution in [0.15, 0.2) is 46.2 Å². The molecular weight excluding hydrogens is 280 g/mol. The molecule has 0 saturated heterocycles. The van der Waals surface area contributed by atoms with Gasteiger partial charge in [0.25, 0.3) is 0 Å². The predicted molar refractivity (Wildman–Crippen MR) is 92.8 cm³/mol. The summed E-state index contributed by atoms with van der Waals surface area (Å²) in [5, 5.41) is 0. The maximum absolute atomic E-state index is 2.30. The van der Waals surface area contributed by atoms with Gasteiger partial charge in [0, 0.05) is 9.79 Å². The first-order chi connectivity index (χ1) is 9.63. The Morgan fingerprint density at radius 3 is 1.45 bits per heavy atom. The first-order valence-corrected chi connectivity index (χ1v) is 9.32. The fourth-order valence-electron chi connectivity index (χ4n) is 2.22. The van der Waals surface area contributed by atoms with Gasteiger partial charge in [-0.15, -0.1) is 0 Å². The van der Waals surface area contributed by atoms with Crippen molar-refractivity contribution in [1.29, 1.82) is 0 Å². The lowest BCUT2D eigenvalue weighted by molar-refractivity contribution is 1.07. The molecule has 0 nitrogen and oxygen atoms in total. The number of rotatable bonds is 5. The maximum Gasteiger partial charge on any atom is 0.0218 e. The van der Waals surface area contributed by atoms with Crippen molar-refractivity contribution in [1.82, 2.24) is 0 Å². The Morgan fingerprint density at radius 2 is 1.10 bits per heavy atom. The molecule has 2 aromatic rings. The molecule has 0 bridgehead atoms. The zero-order valence-corrected chi connectivity index (χ0v) is 14.3. The summed E-state index contributed by atoms with van der Waals surface area (Å²) in [6, 6.07) is 13.5. The van der Waals surface area contributed by atoms with Gasteiger partial charge in [0.15, 0.2) is 0 Å². The van der Waals surface area contributed by atoms with E-state index in [1.807, 2.05) is 21.6 Å². The molecule has 0 radical (unpaired) electrons. The smallest absolute Gasteiger partial charge is 0.0218 e. The molecule has 20 heavy (non-hydrogen) atoms. The van der Waals surface area contributed by atoms with Gasteiger partial charge in [0.05, 0.1) is 0 Å². The van der Waals surface area contributed by atoms with Crippen LogP contribution in [0.5, 0.6) is 0 Å². The van der Waals surface area contributed by atoms with Crippen LogP contribution in [0.3, 0.4) is 0 Å². The minimum absolute atomic E-state index is 1.10. The fourth-order valence-corrected chi connectivity index (χ4v) is 4.78. The molecule has 0 N–H and O–H groups in total. The van der Waals surface area contributed by atoms with E-state index in [-0.39, 0.29) is 0 Å². The first kappa shape index (κ1) is 15.5. The van der Waals surface area contributed by atoms with Crippen LogP contribution in [0.25, 0.3) is 0 Å². The third-order valence-corrected chi connectivity index (χ3v) is 5.98. The lowest BCUT2D eigenvalue weighted by atomic mass is 10.1. The van der Waals surface area contributed by atoms with Crippen LogP contribution < -0.4 is 0 Å². The molecule has 0 atom stereocenters. The van der Waals surface area contributed by atoms with E-state index in [9.17, 15) is 0 Å². The van der Waals surface area contributed by atoms with Crippen LogP contribution in [0, 0.1) is 13.8 Å². The lowest BCUT2D eigenvalue weighted by Gasteiger charge is -2.11. The van der Waals surface area contributed by atoms with Crippen LogP contribution in [-0.4, -0.2) is 0 Å². The summed E-state index contributed by atoms with van der Waals surface area (Å²) in [6.45, 7) is 8.78. The Labute approximate surface area is 130 Å². The molecule has 0 fully saturated rings. The van der Waals surface area contributed by atoms with E-state index < -0.39 is 0 Å². The number of aryl methyl sites for hydroxylation is 4. The van der Waals surface area contributed by atoms with Crippen molar-refractivity contribution >= 4 is 21.6 Å². The fraction of sp³-hybridized carbons (Fsp3) is 0.333. The minimum atomic E-state index is 1.10. The van der Waals surface area contributed by atoms with Crippen LogP contribution in [0.1, 0.15) is 36.1 Å². The summed E-state index contributed by atoms with van der Waals surface area (Å²) in [5.74, 6) is 0. The van der Waals surface area contributed by atoms with E-state index in [2.05, 4.69) is 64.1 Å². The quantitative estimate of drug-likeness (QED) is 0.601. The van der Waals surface area contributed by atoms with Crippen LogP contribution in [-0.2, 0) is 12.8 Å². The topological polar surface area (TPSA) is 0 Å². The van der Waals surface area contributed by atoms with Crippen molar-refractivity contribution in [3.8, 4) is 0 Å². The van der Waals surface area contributed by atoms with Crippen molar-refractivity contribution in [2.24, 2.45) is 0 Å². The molecule has 0 aromatic heterocycles. The molecule has 0 aliphatic heterocycles. The van der Waals surface area contributed by atoms with Crippen molar-refractivity contribution in [3.05, 3.63) is 58.7 Å². The summed E-state index contributed by atoms with van der Waals surface area (Å²) in [4.78, 5) is 2.79. The van der Waals surface area contributed by atoms with Gasteiger partial charge in [-0.3, -0.25) is 0 Å². The first-order valence-electron chi connectivity index (χ1n) is 7.17. The maximum atomic E-state index is 2.30. The molecule has 106 valence electrons. The predicted octanol–water partition coefficient (Wildman–Crippen LogP) is 6.23. The summed E-state index contributed by atoms with van der Waals surface area (Å²) in [7, 11) is 3.77. The van der Waals surface area contributed by atoms with Crippen molar-refractivity contribution < 1.29 is 0 Å². The Kier molecular flexibility index (Phi) is 5.62. The van der Waals surface area contributed by atoms with Gasteiger partial charge < -0.3 is 0 Å². The van der Waals surface area contributed by atoms with E-state index >= 15 is 0 Å². The highest BCUT2D eigenvalue weighted by Gasteiger charge is 2.06. The molecule has 0 aliphatic carbocycles. The highest BCUT2D eigenvalue weighted by Crippen LogP contribution is 2.41. The Morgan fingerprint density at radius 1 is 0.700 bits per heavy atom. The Balaban J connectivity index is 2.16. The third kappa shape index (κ3) is 3.83. The van der Waals surface area contributed by atoms with Crippen molar-refractivity contribution in [3.63, 3.8) is 0 Å². The normalized spacial score (nSPS) is 10.8. The summed E-state index contributed by atoms with van der Waals surface area (Å²) < 4.78 is 0. The standard InChI is InChI=1S/C18H22S2/c1-5-15-11-13(3)7-9-17(15)19-20-18-10-8-14(4)12-16(18)6-2/h7-12H,5-6H2,1-4H3. The molecule has 0 amide bonds. The van der Waals surface area contributed by atoms with E-state index in [0.29, 0.717) is 0 Å². The lowest BCUT2D eigenvalue weighted by Crippen LogP contribution is -1.87. The SMILES string of the molecule is CCc1cc(C)ccc1SSc1ccc(C)cc1CC. The molecule has 0 aliphatic rings. The summed E-state index contributed by atoms with van der Waals surface area (Å²) in [6.07, 6.45) is 2.19. The average Bonchev–Trinajstić information content (AvgIpc) is 2.46. The summed E-state index contributed by atoms with van der Waals surface area (Å²) >= 11 is 0. The van der Waals surface area contributed by atoms with Crippen LogP contribution >= 0.6 is 21.6 Å². The van der Waals surface area contributed by atoms with Gasteiger partial charge in [-0.1, -0.05) is 70.8 Å². The number of benzene rings is 2. The monoisotopic (exact) mass is 302 g/mol. The van der Waals surface area contributed by atoms with Gasteiger partial charge in [0.1, 0.15) is 0 Å². The molecule has 2 rings (SSSR count). The summed E-state index contributed by atoms with van der Waals surface area (Å²) in [5.41, 5.74) is 5.60. The molecule has 2 heteroatoms.